The molecule has 0 radical (unpaired) electrons. The van der Waals surface area contributed by atoms with Crippen molar-refractivity contribution in [2.45, 2.75) is 0 Å². The third-order valence-corrected chi connectivity index (χ3v) is 3.61. The molecule has 24 heavy (non-hydrogen) atoms. The maximum atomic E-state index is 12.4. The van der Waals surface area contributed by atoms with Crippen LogP contribution in [0.5, 0.6) is 11.5 Å². The fraction of sp³-hybridized carbons (Fsp3) is 0.118. The average Bonchev–Trinajstić information content (AvgIpc) is 2.60. The van der Waals surface area contributed by atoms with Crippen molar-refractivity contribution in [1.29, 1.82) is 0 Å². The number of nitrogens with zero attached hydrogens (tertiary/aromatic N) is 1. The van der Waals surface area contributed by atoms with Crippen molar-refractivity contribution in [3.8, 4) is 22.9 Å². The molecule has 0 aliphatic carbocycles. The fourth-order valence-corrected chi connectivity index (χ4v) is 2.40. The van der Waals surface area contributed by atoms with Crippen LogP contribution in [-0.2, 0) is 0 Å². The maximum absolute atomic E-state index is 12.4. The normalized spacial score (nSPS) is 10.6. The molecule has 1 aromatic heterocycles. The Balaban J connectivity index is 2.20. The Bertz CT molecular complexity index is 977. The molecule has 3 aromatic rings. The number of hydrogen-bond donors (Lipinski definition) is 2. The molecule has 0 aliphatic rings. The lowest BCUT2D eigenvalue weighted by Gasteiger charge is -2.09. The van der Waals surface area contributed by atoms with Gasteiger partial charge in [0.1, 0.15) is 22.7 Å². The summed E-state index contributed by atoms with van der Waals surface area (Å²) in [5.74, 6) is 0.200. The first-order chi connectivity index (χ1) is 11.5. The average molecular weight is 326 g/mol. The second-order valence-electron chi connectivity index (χ2n) is 5.02. The number of hydrogen-bond acceptors (Lipinski definition) is 5. The second-order valence-corrected chi connectivity index (χ2v) is 5.02. The van der Waals surface area contributed by atoms with Crippen LogP contribution in [0.1, 0.15) is 10.4 Å². The lowest BCUT2D eigenvalue weighted by atomic mass is 10.1. The highest BCUT2D eigenvalue weighted by Gasteiger charge is 2.13. The van der Waals surface area contributed by atoms with Crippen LogP contribution in [0.25, 0.3) is 22.3 Å². The quantitative estimate of drug-likeness (QED) is 0.763. The number of aromatic carboxylic acids is 1. The number of benzene rings is 2. The van der Waals surface area contributed by atoms with E-state index in [2.05, 4.69) is 9.97 Å². The van der Waals surface area contributed by atoms with E-state index in [1.807, 2.05) is 0 Å². The SMILES string of the molecule is COc1cc(OC)c2c(=O)[nH]c(-c3ccc(C(=O)O)cc3)nc2c1. The molecule has 7 heteroatoms. The summed E-state index contributed by atoms with van der Waals surface area (Å²) < 4.78 is 10.4. The van der Waals surface area contributed by atoms with E-state index in [1.54, 1.807) is 24.3 Å². The van der Waals surface area contributed by atoms with Crippen molar-refractivity contribution < 1.29 is 19.4 Å². The summed E-state index contributed by atoms with van der Waals surface area (Å²) in [5, 5.41) is 9.27. The van der Waals surface area contributed by atoms with Crippen molar-refractivity contribution in [3.05, 3.63) is 52.3 Å². The fourth-order valence-electron chi connectivity index (χ4n) is 2.40. The van der Waals surface area contributed by atoms with Crippen LogP contribution in [0.15, 0.2) is 41.2 Å². The number of aromatic nitrogens is 2. The molecule has 1 heterocycles. The number of rotatable bonds is 4. The molecule has 0 saturated heterocycles. The Kier molecular flexibility index (Phi) is 3.91. The van der Waals surface area contributed by atoms with Gasteiger partial charge in [0.25, 0.3) is 5.56 Å². The van der Waals surface area contributed by atoms with Gasteiger partial charge in [-0.1, -0.05) is 12.1 Å². The molecule has 0 amide bonds. The molecule has 0 unspecified atom stereocenters. The molecular formula is C17H14N2O5. The molecule has 2 aromatic carbocycles. The monoisotopic (exact) mass is 326 g/mol. The molecular weight excluding hydrogens is 312 g/mol. The van der Waals surface area contributed by atoms with E-state index in [0.717, 1.165) is 0 Å². The van der Waals surface area contributed by atoms with Gasteiger partial charge >= 0.3 is 5.97 Å². The third-order valence-electron chi connectivity index (χ3n) is 3.61. The molecule has 0 atom stereocenters. The number of carboxylic acids is 1. The summed E-state index contributed by atoms with van der Waals surface area (Å²) in [4.78, 5) is 30.5. The van der Waals surface area contributed by atoms with Gasteiger partial charge in [0.05, 0.1) is 25.3 Å². The molecule has 3 rings (SSSR count). The van der Waals surface area contributed by atoms with Gasteiger partial charge in [0.15, 0.2) is 0 Å². The predicted molar refractivity (Wildman–Crippen MR) is 87.9 cm³/mol. The zero-order valence-corrected chi connectivity index (χ0v) is 13.0. The zero-order valence-electron chi connectivity index (χ0n) is 13.0. The Morgan fingerprint density at radius 1 is 1.12 bits per heavy atom. The molecule has 122 valence electrons. The minimum atomic E-state index is -1.02. The molecule has 0 spiro atoms. The molecule has 0 aliphatic heterocycles. The maximum Gasteiger partial charge on any atom is 0.335 e. The highest BCUT2D eigenvalue weighted by molar-refractivity contribution is 5.89. The predicted octanol–water partition coefficient (Wildman–Crippen LogP) is 2.31. The van der Waals surface area contributed by atoms with Gasteiger partial charge in [-0.2, -0.15) is 0 Å². The number of methoxy groups -OCH3 is 2. The summed E-state index contributed by atoms with van der Waals surface area (Å²) in [6, 6.07) is 9.33. The number of carbonyl (C=O) groups is 1. The molecule has 0 saturated carbocycles. The van der Waals surface area contributed by atoms with Crippen molar-refractivity contribution in [1.82, 2.24) is 9.97 Å². The standard InChI is InChI=1S/C17H14N2O5/c1-23-11-7-12-14(13(8-11)24-2)16(20)19-15(18-12)9-3-5-10(6-4-9)17(21)22/h3-8H,1-2H3,(H,21,22)(H,18,19,20). The van der Waals surface area contributed by atoms with Crippen LogP contribution < -0.4 is 15.0 Å². The number of nitrogens with one attached hydrogen (secondary N) is 1. The van der Waals surface area contributed by atoms with E-state index in [-0.39, 0.29) is 11.1 Å². The summed E-state index contributed by atoms with van der Waals surface area (Å²) in [5.41, 5.74) is 0.829. The Morgan fingerprint density at radius 2 is 1.83 bits per heavy atom. The first kappa shape index (κ1) is 15.5. The summed E-state index contributed by atoms with van der Waals surface area (Å²) in [6.45, 7) is 0. The lowest BCUT2D eigenvalue weighted by Crippen LogP contribution is -2.11. The highest BCUT2D eigenvalue weighted by Crippen LogP contribution is 2.28. The molecule has 0 fully saturated rings. The van der Waals surface area contributed by atoms with E-state index in [4.69, 9.17) is 14.6 Å². The zero-order chi connectivity index (χ0) is 17.3. The number of ether oxygens (including phenoxy) is 2. The Morgan fingerprint density at radius 3 is 2.42 bits per heavy atom. The van der Waals surface area contributed by atoms with Crippen LogP contribution in [-0.4, -0.2) is 35.3 Å². The first-order valence-electron chi connectivity index (χ1n) is 7.03. The Labute approximate surface area is 136 Å². The molecule has 2 N–H and O–H groups in total. The van der Waals surface area contributed by atoms with Crippen molar-refractivity contribution >= 4 is 16.9 Å². The number of H-pyrrole nitrogens is 1. The van der Waals surface area contributed by atoms with E-state index in [0.29, 0.717) is 33.8 Å². The summed E-state index contributed by atoms with van der Waals surface area (Å²) >= 11 is 0. The van der Waals surface area contributed by atoms with Gasteiger partial charge in [-0.25, -0.2) is 9.78 Å². The van der Waals surface area contributed by atoms with Crippen molar-refractivity contribution in [3.63, 3.8) is 0 Å². The smallest absolute Gasteiger partial charge is 0.335 e. The van der Waals surface area contributed by atoms with Crippen molar-refractivity contribution in [2.75, 3.05) is 14.2 Å². The van der Waals surface area contributed by atoms with Gasteiger partial charge in [0, 0.05) is 17.7 Å². The van der Waals surface area contributed by atoms with E-state index in [9.17, 15) is 9.59 Å². The van der Waals surface area contributed by atoms with Crippen LogP contribution in [0.2, 0.25) is 0 Å². The Hall–Kier alpha value is -3.35. The summed E-state index contributed by atoms with van der Waals surface area (Å²) in [6.07, 6.45) is 0. The minimum Gasteiger partial charge on any atom is -0.497 e. The number of carboxylic acid groups (broad SMARTS) is 1. The topological polar surface area (TPSA) is 102 Å². The largest absolute Gasteiger partial charge is 0.497 e. The minimum absolute atomic E-state index is 0.158. The van der Waals surface area contributed by atoms with Crippen LogP contribution in [0, 0.1) is 0 Å². The molecule has 7 nitrogen and oxygen atoms in total. The van der Waals surface area contributed by atoms with E-state index >= 15 is 0 Å². The molecule has 0 bridgehead atoms. The van der Waals surface area contributed by atoms with Crippen LogP contribution in [0.3, 0.4) is 0 Å². The lowest BCUT2D eigenvalue weighted by molar-refractivity contribution is 0.0697. The van der Waals surface area contributed by atoms with Crippen LogP contribution in [0.4, 0.5) is 0 Å². The van der Waals surface area contributed by atoms with Gasteiger partial charge in [0.2, 0.25) is 0 Å². The van der Waals surface area contributed by atoms with Gasteiger partial charge in [-0.15, -0.1) is 0 Å². The summed E-state index contributed by atoms with van der Waals surface area (Å²) in [7, 11) is 2.98. The number of aromatic amines is 1. The van der Waals surface area contributed by atoms with Gasteiger partial charge in [-0.3, -0.25) is 4.79 Å². The number of fused-ring (bicyclic) bond motifs is 1. The van der Waals surface area contributed by atoms with Crippen LogP contribution >= 0.6 is 0 Å². The van der Waals surface area contributed by atoms with E-state index < -0.39 is 5.97 Å². The second kappa shape index (κ2) is 6.04. The first-order valence-corrected chi connectivity index (χ1v) is 7.03. The van der Waals surface area contributed by atoms with Gasteiger partial charge in [-0.05, 0) is 12.1 Å². The van der Waals surface area contributed by atoms with Crippen molar-refractivity contribution in [2.24, 2.45) is 0 Å². The highest BCUT2D eigenvalue weighted by atomic mass is 16.5. The third kappa shape index (κ3) is 2.67. The van der Waals surface area contributed by atoms with E-state index in [1.165, 1.54) is 26.4 Å². The van der Waals surface area contributed by atoms with Gasteiger partial charge < -0.3 is 19.6 Å².